The molecule has 3 aliphatic rings. The summed E-state index contributed by atoms with van der Waals surface area (Å²) < 4.78 is 12.2. The molecule has 3 fully saturated rings. The fraction of sp³-hybridized carbons (Fsp3) is 0.778. The molecule has 1 unspecified atom stereocenters. The SMILES string of the molecule is CC[C@H](C)[C@H](CC(C)CC(=O)[C@@H](NC(=O)[C@H](C(C)C)N(C)CCCC(=O)O)C(C)C)[C@@H](CC(=O)N1CCC[C@H]1[C@H](OC)[C@@H](C)C(=O)CCC[C@@]1(C(=O)N2CCCCO2)C[C@@H]1c1ccccc1)OC. The Balaban J connectivity index is 1.37. The number of Topliss-reactive ketones (excluding diaryl/α,β-unsaturated/α-hetero) is 2. The monoisotopic (exact) mass is 953 g/mol. The molecule has 2 heterocycles. The number of rotatable bonds is 30. The van der Waals surface area contributed by atoms with E-state index in [1.165, 1.54) is 0 Å². The van der Waals surface area contributed by atoms with Crippen molar-refractivity contribution in [3.05, 3.63) is 35.9 Å². The van der Waals surface area contributed by atoms with Gasteiger partial charge >= 0.3 is 5.97 Å². The summed E-state index contributed by atoms with van der Waals surface area (Å²) in [5.41, 5.74) is 0.567. The van der Waals surface area contributed by atoms with Crippen molar-refractivity contribution in [3.8, 4) is 0 Å². The van der Waals surface area contributed by atoms with Crippen LogP contribution in [0, 0.1) is 40.9 Å². The molecule has 0 bridgehead atoms. The van der Waals surface area contributed by atoms with Gasteiger partial charge in [-0.2, -0.15) is 0 Å². The van der Waals surface area contributed by atoms with Gasteiger partial charge in [0.1, 0.15) is 5.78 Å². The largest absolute Gasteiger partial charge is 0.481 e. The van der Waals surface area contributed by atoms with Crippen LogP contribution in [0.2, 0.25) is 0 Å². The van der Waals surface area contributed by atoms with Gasteiger partial charge in [-0.25, -0.2) is 5.06 Å². The summed E-state index contributed by atoms with van der Waals surface area (Å²) in [7, 11) is 5.09. The molecule has 0 spiro atoms. The number of hydroxylamine groups is 2. The van der Waals surface area contributed by atoms with Gasteiger partial charge in [-0.3, -0.25) is 38.5 Å². The predicted molar refractivity (Wildman–Crippen MR) is 263 cm³/mol. The van der Waals surface area contributed by atoms with Gasteiger partial charge in [-0.05, 0) is 112 Å². The molecule has 14 nitrogen and oxygen atoms in total. The summed E-state index contributed by atoms with van der Waals surface area (Å²) >= 11 is 0. The topological polar surface area (TPSA) is 172 Å². The third-order valence-corrected chi connectivity index (χ3v) is 15.6. The van der Waals surface area contributed by atoms with Gasteiger partial charge in [0.05, 0.1) is 48.8 Å². The lowest BCUT2D eigenvalue weighted by atomic mass is 9.77. The molecule has 2 N–H and O–H groups in total. The molecule has 1 saturated carbocycles. The molecule has 14 heteroatoms. The first kappa shape index (κ1) is 56.9. The lowest BCUT2D eigenvalue weighted by Gasteiger charge is -2.37. The molecule has 1 aromatic rings. The lowest BCUT2D eigenvalue weighted by Crippen LogP contribution is -2.54. The predicted octanol–water partition coefficient (Wildman–Crippen LogP) is 8.11. The normalized spacial score (nSPS) is 23.1. The molecular weight excluding hydrogens is 865 g/mol. The average Bonchev–Trinajstić information content (AvgIpc) is 3.85. The van der Waals surface area contributed by atoms with Gasteiger partial charge < -0.3 is 24.8 Å². The third-order valence-electron chi connectivity index (χ3n) is 15.6. The van der Waals surface area contributed by atoms with Crippen molar-refractivity contribution in [1.82, 2.24) is 20.2 Å². The van der Waals surface area contributed by atoms with Crippen molar-refractivity contribution in [1.29, 1.82) is 0 Å². The molecule has 68 heavy (non-hydrogen) atoms. The molecule has 2 aliphatic heterocycles. The average molecular weight is 953 g/mol. The van der Waals surface area contributed by atoms with E-state index in [-0.39, 0.29) is 90.1 Å². The minimum Gasteiger partial charge on any atom is -0.481 e. The Hall–Kier alpha value is -3.72. The summed E-state index contributed by atoms with van der Waals surface area (Å²) in [6.45, 7) is 18.2. The Kier molecular flexibility index (Phi) is 22.6. The number of ether oxygens (including phenoxy) is 2. The van der Waals surface area contributed by atoms with Crippen LogP contribution in [-0.4, -0.2) is 133 Å². The maximum absolute atomic E-state index is 14.4. The summed E-state index contributed by atoms with van der Waals surface area (Å²) in [5, 5.41) is 13.7. The standard InChI is InChI=1S/C54H88N4O10/c1-12-38(7)41(31-37(6)32-45(60)49(35(2)3)55-52(64)50(36(4)5)56(9)27-20-25-48(62)63)46(66-10)33-47(61)57-28-19-23-43(57)51(67-11)39(8)44(59)24-18-26-54(53(65)58-29-16-17-30-68-58)34-42(54)40-21-14-13-15-22-40/h13-15,21-22,35-39,41-43,46,49-51H,12,16-20,23-34H2,1-11H3,(H,55,64)(H,62,63)/t37?,38-,39-,41-,42+,43-,46+,49-,50-,51+,54+/m0/s1. The van der Waals surface area contributed by atoms with Crippen LogP contribution in [0.3, 0.4) is 0 Å². The minimum absolute atomic E-state index is 0.0157. The zero-order chi connectivity index (χ0) is 50.3. The van der Waals surface area contributed by atoms with Crippen LogP contribution in [0.5, 0.6) is 0 Å². The molecule has 0 radical (unpaired) electrons. The molecule has 1 aliphatic carbocycles. The van der Waals surface area contributed by atoms with Gasteiger partial charge in [-0.1, -0.05) is 92.1 Å². The van der Waals surface area contributed by atoms with E-state index in [0.29, 0.717) is 58.3 Å². The number of carboxylic acids is 1. The van der Waals surface area contributed by atoms with E-state index >= 15 is 0 Å². The first-order valence-electron chi connectivity index (χ1n) is 25.9. The van der Waals surface area contributed by atoms with Gasteiger partial charge in [0.25, 0.3) is 5.91 Å². The van der Waals surface area contributed by atoms with Gasteiger partial charge in [0.2, 0.25) is 11.8 Å². The van der Waals surface area contributed by atoms with E-state index in [0.717, 1.165) is 44.1 Å². The van der Waals surface area contributed by atoms with Crippen LogP contribution in [-0.2, 0) is 43.1 Å². The molecule has 4 rings (SSSR count). The number of hydrogen-bond acceptors (Lipinski definition) is 10. The van der Waals surface area contributed by atoms with Crippen molar-refractivity contribution < 1.29 is 48.2 Å². The van der Waals surface area contributed by atoms with Crippen molar-refractivity contribution in [2.75, 3.05) is 47.5 Å². The molecule has 384 valence electrons. The highest BCUT2D eigenvalue weighted by Gasteiger charge is 2.61. The second-order valence-electron chi connectivity index (χ2n) is 21.3. The van der Waals surface area contributed by atoms with Crippen LogP contribution in [0.1, 0.15) is 157 Å². The Morgan fingerprint density at radius 1 is 0.882 bits per heavy atom. The van der Waals surface area contributed by atoms with Crippen LogP contribution in [0.4, 0.5) is 0 Å². The summed E-state index contributed by atoms with van der Waals surface area (Å²) in [4.78, 5) is 90.8. The van der Waals surface area contributed by atoms with E-state index in [4.69, 9.17) is 19.4 Å². The number of likely N-dealkylation sites (tertiary alicyclic amines) is 1. The highest BCUT2D eigenvalue weighted by molar-refractivity contribution is 5.91. The number of aliphatic carboxylic acids is 1. The van der Waals surface area contributed by atoms with E-state index in [1.807, 2.05) is 69.7 Å². The maximum Gasteiger partial charge on any atom is 0.303 e. The minimum atomic E-state index is -0.875. The first-order valence-corrected chi connectivity index (χ1v) is 25.9. The van der Waals surface area contributed by atoms with E-state index < -0.39 is 41.6 Å². The number of hydrogen-bond donors (Lipinski definition) is 2. The number of likely N-dealkylation sites (N-methyl/N-ethyl adjacent to an activating group) is 1. The van der Waals surface area contributed by atoms with Crippen LogP contribution in [0.25, 0.3) is 0 Å². The third kappa shape index (κ3) is 15.1. The highest BCUT2D eigenvalue weighted by Crippen LogP contribution is 2.63. The molecule has 1 aromatic carbocycles. The van der Waals surface area contributed by atoms with Gasteiger partial charge in [-0.15, -0.1) is 0 Å². The molecule has 11 atom stereocenters. The molecule has 0 aromatic heterocycles. The Bertz CT molecular complexity index is 1790. The number of carbonyl (C=O) groups excluding carboxylic acids is 5. The van der Waals surface area contributed by atoms with Crippen LogP contribution < -0.4 is 5.32 Å². The number of carbonyl (C=O) groups is 6. The molecule has 3 amide bonds. The summed E-state index contributed by atoms with van der Waals surface area (Å²) in [6.07, 6.45) is 7.14. The van der Waals surface area contributed by atoms with Gasteiger partial charge in [0.15, 0.2) is 5.78 Å². The lowest BCUT2D eigenvalue weighted by molar-refractivity contribution is -0.203. The van der Waals surface area contributed by atoms with E-state index in [9.17, 15) is 28.8 Å². The number of carboxylic acid groups (broad SMARTS) is 1. The number of methoxy groups -OCH3 is 2. The Labute approximate surface area is 408 Å². The van der Waals surface area contributed by atoms with Crippen molar-refractivity contribution in [3.63, 3.8) is 0 Å². The van der Waals surface area contributed by atoms with Crippen molar-refractivity contribution in [2.24, 2.45) is 40.9 Å². The highest BCUT2D eigenvalue weighted by atomic mass is 16.7. The Morgan fingerprint density at radius 2 is 1.59 bits per heavy atom. The second-order valence-corrected chi connectivity index (χ2v) is 21.3. The maximum atomic E-state index is 14.4. The summed E-state index contributed by atoms with van der Waals surface area (Å²) in [6, 6.07) is 8.71. The van der Waals surface area contributed by atoms with E-state index in [2.05, 4.69) is 38.2 Å². The zero-order valence-electron chi connectivity index (χ0n) is 43.5. The fourth-order valence-electron chi connectivity index (χ4n) is 11.4. The Morgan fingerprint density at radius 3 is 2.18 bits per heavy atom. The van der Waals surface area contributed by atoms with Gasteiger partial charge in [0, 0.05) is 52.5 Å². The summed E-state index contributed by atoms with van der Waals surface area (Å²) in [5.74, 6) is -1.50. The smallest absolute Gasteiger partial charge is 0.303 e. The van der Waals surface area contributed by atoms with E-state index in [1.54, 1.807) is 19.3 Å². The number of benzene rings is 1. The van der Waals surface area contributed by atoms with Crippen molar-refractivity contribution >= 4 is 35.3 Å². The number of nitrogens with zero attached hydrogens (tertiary/aromatic N) is 3. The van der Waals surface area contributed by atoms with Crippen LogP contribution in [0.15, 0.2) is 30.3 Å². The molecule has 2 saturated heterocycles. The number of amides is 3. The quantitative estimate of drug-likeness (QED) is 0.0763. The second kappa shape index (κ2) is 27.0. The van der Waals surface area contributed by atoms with Crippen molar-refractivity contribution in [2.45, 2.75) is 182 Å². The zero-order valence-corrected chi connectivity index (χ0v) is 43.5. The fourth-order valence-corrected chi connectivity index (χ4v) is 11.4. The first-order chi connectivity index (χ1) is 32.3. The van der Waals surface area contributed by atoms with Crippen LogP contribution >= 0.6 is 0 Å². The number of ketones is 2. The number of nitrogens with one attached hydrogen (secondary N) is 1. The molecular formula is C54H88N4O10.